The molecule has 0 bridgehead atoms. The first-order valence-corrected chi connectivity index (χ1v) is 8.69. The third-order valence-electron chi connectivity index (χ3n) is 3.81. The molecular formula is C19H30N2O3. The number of carbonyl (C=O) groups excluding carboxylic acids is 2. The maximum atomic E-state index is 12.1. The quantitative estimate of drug-likeness (QED) is 0.613. The van der Waals surface area contributed by atoms with Gasteiger partial charge in [-0.3, -0.25) is 9.59 Å². The van der Waals surface area contributed by atoms with Crippen LogP contribution in [-0.2, 0) is 16.0 Å². The van der Waals surface area contributed by atoms with Crippen LogP contribution in [0.25, 0.3) is 0 Å². The molecule has 0 fully saturated rings. The van der Waals surface area contributed by atoms with E-state index >= 15 is 0 Å². The lowest BCUT2D eigenvalue weighted by Gasteiger charge is -2.21. The Balaban J connectivity index is 2.37. The van der Waals surface area contributed by atoms with E-state index in [2.05, 4.69) is 24.5 Å². The number of rotatable bonds is 10. The predicted molar refractivity (Wildman–Crippen MR) is 95.5 cm³/mol. The van der Waals surface area contributed by atoms with E-state index in [0.29, 0.717) is 25.3 Å². The van der Waals surface area contributed by atoms with Crippen molar-refractivity contribution >= 4 is 11.8 Å². The van der Waals surface area contributed by atoms with E-state index in [1.54, 1.807) is 0 Å². The molecule has 0 spiro atoms. The number of amides is 2. The summed E-state index contributed by atoms with van der Waals surface area (Å²) in [6.45, 7) is 6.21. The van der Waals surface area contributed by atoms with Crippen molar-refractivity contribution in [3.05, 3.63) is 35.9 Å². The van der Waals surface area contributed by atoms with Crippen molar-refractivity contribution in [3.63, 3.8) is 0 Å². The number of hydrogen-bond acceptors (Lipinski definition) is 3. The summed E-state index contributed by atoms with van der Waals surface area (Å²) in [5.74, 6) is -0.0548. The SMILES string of the molecule is CC(C)CCNC(=O)[C@@H](NC(=O)CCCc1ccccc1)[C@@H](C)O. The van der Waals surface area contributed by atoms with Crippen molar-refractivity contribution in [1.82, 2.24) is 10.6 Å². The first-order valence-electron chi connectivity index (χ1n) is 8.69. The lowest BCUT2D eigenvalue weighted by molar-refractivity contribution is -0.131. The van der Waals surface area contributed by atoms with Crippen LogP contribution in [0.2, 0.25) is 0 Å². The highest BCUT2D eigenvalue weighted by molar-refractivity contribution is 5.88. The maximum Gasteiger partial charge on any atom is 0.245 e. The fourth-order valence-electron chi connectivity index (χ4n) is 2.34. The standard InChI is InChI=1S/C19H30N2O3/c1-14(2)12-13-20-19(24)18(15(3)22)21-17(23)11-7-10-16-8-5-4-6-9-16/h4-6,8-9,14-15,18,22H,7,10-13H2,1-3H3,(H,20,24)(H,21,23)/t15-,18+/m1/s1. The molecule has 1 aromatic rings. The molecule has 0 saturated heterocycles. The van der Waals surface area contributed by atoms with E-state index in [9.17, 15) is 14.7 Å². The summed E-state index contributed by atoms with van der Waals surface area (Å²) in [6.07, 6.45) is 1.79. The Kier molecular flexibility index (Phi) is 9.08. The van der Waals surface area contributed by atoms with Gasteiger partial charge in [-0.15, -0.1) is 0 Å². The highest BCUT2D eigenvalue weighted by Crippen LogP contribution is 2.05. The summed E-state index contributed by atoms with van der Waals surface area (Å²) < 4.78 is 0. The van der Waals surface area contributed by atoms with Gasteiger partial charge in [-0.1, -0.05) is 44.2 Å². The van der Waals surface area contributed by atoms with Gasteiger partial charge in [-0.25, -0.2) is 0 Å². The van der Waals surface area contributed by atoms with Gasteiger partial charge in [-0.2, -0.15) is 0 Å². The van der Waals surface area contributed by atoms with Gasteiger partial charge in [0.15, 0.2) is 0 Å². The molecule has 0 aliphatic rings. The average Bonchev–Trinajstić information content (AvgIpc) is 2.53. The zero-order valence-corrected chi connectivity index (χ0v) is 14.9. The molecule has 0 heterocycles. The number of nitrogens with one attached hydrogen (secondary N) is 2. The summed E-state index contributed by atoms with van der Waals surface area (Å²) in [6, 6.07) is 9.06. The highest BCUT2D eigenvalue weighted by Gasteiger charge is 2.25. The van der Waals surface area contributed by atoms with Crippen LogP contribution in [0, 0.1) is 5.92 Å². The van der Waals surface area contributed by atoms with E-state index in [1.807, 2.05) is 30.3 Å². The largest absolute Gasteiger partial charge is 0.391 e. The normalized spacial score (nSPS) is 13.4. The molecule has 2 atom stereocenters. The number of aliphatic hydroxyl groups excluding tert-OH is 1. The summed E-state index contributed by atoms with van der Waals surface area (Å²) in [5.41, 5.74) is 1.18. The lowest BCUT2D eigenvalue weighted by atomic mass is 10.1. The van der Waals surface area contributed by atoms with Crippen molar-refractivity contribution in [2.24, 2.45) is 5.92 Å². The van der Waals surface area contributed by atoms with Gasteiger partial charge in [0, 0.05) is 13.0 Å². The van der Waals surface area contributed by atoms with Gasteiger partial charge in [-0.05, 0) is 37.7 Å². The van der Waals surface area contributed by atoms with E-state index < -0.39 is 12.1 Å². The molecule has 0 radical (unpaired) electrons. The number of aryl methyl sites for hydroxylation is 1. The van der Waals surface area contributed by atoms with Crippen molar-refractivity contribution in [2.75, 3.05) is 6.54 Å². The second kappa shape index (κ2) is 10.8. The maximum absolute atomic E-state index is 12.1. The van der Waals surface area contributed by atoms with E-state index in [4.69, 9.17) is 0 Å². The predicted octanol–water partition coefficient (Wildman–Crippen LogP) is 2.04. The molecule has 134 valence electrons. The first-order chi connectivity index (χ1) is 11.4. The highest BCUT2D eigenvalue weighted by atomic mass is 16.3. The molecule has 0 aliphatic carbocycles. The number of carbonyl (C=O) groups is 2. The number of aliphatic hydroxyl groups is 1. The van der Waals surface area contributed by atoms with Gasteiger partial charge in [0.05, 0.1) is 6.10 Å². The van der Waals surface area contributed by atoms with Crippen LogP contribution in [0.1, 0.15) is 45.6 Å². The molecule has 0 saturated carbocycles. The van der Waals surface area contributed by atoms with Crippen LogP contribution < -0.4 is 10.6 Å². The minimum atomic E-state index is -0.929. The van der Waals surface area contributed by atoms with Crippen LogP contribution in [0.5, 0.6) is 0 Å². The van der Waals surface area contributed by atoms with Crippen molar-refractivity contribution < 1.29 is 14.7 Å². The lowest BCUT2D eigenvalue weighted by Crippen LogP contribution is -2.52. The Bertz CT molecular complexity index is 501. The molecule has 5 heteroatoms. The van der Waals surface area contributed by atoms with Gasteiger partial charge >= 0.3 is 0 Å². The molecule has 2 amide bonds. The third-order valence-corrected chi connectivity index (χ3v) is 3.81. The zero-order valence-electron chi connectivity index (χ0n) is 14.9. The van der Waals surface area contributed by atoms with Gasteiger partial charge < -0.3 is 15.7 Å². The molecule has 1 aromatic carbocycles. The Morgan fingerprint density at radius 2 is 1.79 bits per heavy atom. The fourth-order valence-corrected chi connectivity index (χ4v) is 2.34. The van der Waals surface area contributed by atoms with Crippen molar-refractivity contribution in [2.45, 2.75) is 58.6 Å². The monoisotopic (exact) mass is 334 g/mol. The van der Waals surface area contributed by atoms with Gasteiger partial charge in [0.25, 0.3) is 0 Å². The molecule has 0 aliphatic heterocycles. The topological polar surface area (TPSA) is 78.4 Å². The molecule has 5 nitrogen and oxygen atoms in total. The third kappa shape index (κ3) is 8.11. The number of benzene rings is 1. The van der Waals surface area contributed by atoms with E-state index in [-0.39, 0.29) is 11.8 Å². The summed E-state index contributed by atoms with van der Waals surface area (Å²) in [4.78, 5) is 24.1. The molecule has 1 rings (SSSR count). The van der Waals surface area contributed by atoms with Crippen LogP contribution in [-0.4, -0.2) is 35.6 Å². The summed E-state index contributed by atoms with van der Waals surface area (Å²) >= 11 is 0. The molecule has 0 aromatic heterocycles. The smallest absolute Gasteiger partial charge is 0.245 e. The Hall–Kier alpha value is -1.88. The van der Waals surface area contributed by atoms with E-state index in [0.717, 1.165) is 12.8 Å². The van der Waals surface area contributed by atoms with Gasteiger partial charge in [0.2, 0.25) is 11.8 Å². The summed E-state index contributed by atoms with van der Waals surface area (Å²) in [5, 5.41) is 15.2. The van der Waals surface area contributed by atoms with E-state index in [1.165, 1.54) is 12.5 Å². The molecule has 0 unspecified atom stereocenters. The fraction of sp³-hybridized carbons (Fsp3) is 0.579. The Morgan fingerprint density at radius 3 is 2.38 bits per heavy atom. The van der Waals surface area contributed by atoms with Crippen molar-refractivity contribution in [1.29, 1.82) is 0 Å². The zero-order chi connectivity index (χ0) is 17.9. The second-order valence-corrected chi connectivity index (χ2v) is 6.60. The molecular weight excluding hydrogens is 304 g/mol. The van der Waals surface area contributed by atoms with Gasteiger partial charge in [0.1, 0.15) is 6.04 Å². The summed E-state index contributed by atoms with van der Waals surface area (Å²) in [7, 11) is 0. The first kappa shape index (κ1) is 20.2. The minimum absolute atomic E-state index is 0.212. The van der Waals surface area contributed by atoms with Crippen LogP contribution in [0.15, 0.2) is 30.3 Å². The molecule has 24 heavy (non-hydrogen) atoms. The van der Waals surface area contributed by atoms with Crippen LogP contribution in [0.4, 0.5) is 0 Å². The van der Waals surface area contributed by atoms with Crippen LogP contribution >= 0.6 is 0 Å². The Labute approximate surface area is 144 Å². The molecule has 3 N–H and O–H groups in total. The number of hydrogen-bond donors (Lipinski definition) is 3. The average molecular weight is 334 g/mol. The second-order valence-electron chi connectivity index (χ2n) is 6.60. The minimum Gasteiger partial charge on any atom is -0.391 e. The van der Waals surface area contributed by atoms with Crippen LogP contribution in [0.3, 0.4) is 0 Å². The van der Waals surface area contributed by atoms with Crippen molar-refractivity contribution in [3.8, 4) is 0 Å². The Morgan fingerprint density at radius 1 is 1.12 bits per heavy atom.